The van der Waals surface area contributed by atoms with Gasteiger partial charge in [0.1, 0.15) is 23.5 Å². The number of anilines is 1. The molecule has 3 aromatic heterocycles. The molecule has 0 unspecified atom stereocenters. The zero-order chi connectivity index (χ0) is 20.4. The summed E-state index contributed by atoms with van der Waals surface area (Å²) in [6.45, 7) is 0.490. The van der Waals surface area contributed by atoms with E-state index in [4.69, 9.17) is 0 Å². The van der Waals surface area contributed by atoms with Gasteiger partial charge in [-0.25, -0.2) is 18.7 Å². The molecule has 0 saturated carbocycles. The van der Waals surface area contributed by atoms with E-state index in [1.54, 1.807) is 11.1 Å². The molecule has 0 spiro atoms. The van der Waals surface area contributed by atoms with Gasteiger partial charge in [-0.15, -0.1) is 0 Å². The third-order valence-corrected chi connectivity index (χ3v) is 5.12. The minimum atomic E-state index is -3.20. The maximum atomic E-state index is 14.5. The Labute approximate surface area is 164 Å². The summed E-state index contributed by atoms with van der Waals surface area (Å²) in [6.07, 6.45) is 2.72. The van der Waals surface area contributed by atoms with Gasteiger partial charge in [-0.1, -0.05) is 0 Å². The van der Waals surface area contributed by atoms with Crippen molar-refractivity contribution in [3.05, 3.63) is 48.2 Å². The van der Waals surface area contributed by atoms with Crippen molar-refractivity contribution >= 4 is 16.9 Å². The van der Waals surface area contributed by atoms with Gasteiger partial charge in [0.05, 0.1) is 11.9 Å². The second kappa shape index (κ2) is 7.94. The highest BCUT2D eigenvalue weighted by molar-refractivity contribution is 5.86. The van der Waals surface area contributed by atoms with Crippen LogP contribution in [0.1, 0.15) is 30.5 Å². The van der Waals surface area contributed by atoms with Crippen LogP contribution in [0.3, 0.4) is 0 Å². The number of aromatic nitrogens is 4. The SMILES string of the molecule is FC(F)c1ccc(C(F)(F)CN2CCC(Nc3ncnc4[nH]ccc34)CC2)nc1. The first-order valence-corrected chi connectivity index (χ1v) is 9.32. The molecule has 4 rings (SSSR count). The Bertz CT molecular complexity index is 951. The number of fused-ring (bicyclic) bond motifs is 1. The van der Waals surface area contributed by atoms with Crippen LogP contribution in [0.15, 0.2) is 36.9 Å². The molecule has 1 aliphatic heterocycles. The van der Waals surface area contributed by atoms with Crippen molar-refractivity contribution in [1.29, 1.82) is 0 Å². The maximum Gasteiger partial charge on any atom is 0.302 e. The predicted molar refractivity (Wildman–Crippen MR) is 100 cm³/mol. The van der Waals surface area contributed by atoms with Crippen molar-refractivity contribution in [1.82, 2.24) is 24.8 Å². The standard InChI is InChI=1S/C19H20F4N6/c20-16(21)12-1-2-15(25-9-12)19(22,23)10-29-7-4-13(5-8-29)28-18-14-3-6-24-17(14)26-11-27-18/h1-3,6,9,11,13,16H,4-5,7-8,10H2,(H2,24,26,27,28). The number of hydrogen-bond acceptors (Lipinski definition) is 5. The number of halogens is 4. The van der Waals surface area contributed by atoms with Gasteiger partial charge in [0.25, 0.3) is 6.43 Å². The summed E-state index contributed by atoms with van der Waals surface area (Å²) < 4.78 is 54.2. The van der Waals surface area contributed by atoms with E-state index in [1.807, 2.05) is 6.07 Å². The molecule has 1 saturated heterocycles. The van der Waals surface area contributed by atoms with Crippen molar-refractivity contribution in [3.63, 3.8) is 0 Å². The van der Waals surface area contributed by atoms with Crippen LogP contribution >= 0.6 is 0 Å². The molecule has 2 N–H and O–H groups in total. The van der Waals surface area contributed by atoms with Crippen LogP contribution in [-0.4, -0.2) is 50.5 Å². The van der Waals surface area contributed by atoms with Crippen molar-refractivity contribution < 1.29 is 17.6 Å². The van der Waals surface area contributed by atoms with Gasteiger partial charge in [0.15, 0.2) is 0 Å². The highest BCUT2D eigenvalue weighted by Gasteiger charge is 2.36. The molecule has 29 heavy (non-hydrogen) atoms. The molecule has 4 heterocycles. The number of hydrogen-bond donors (Lipinski definition) is 2. The summed E-state index contributed by atoms with van der Waals surface area (Å²) in [6, 6.07) is 3.99. The molecule has 0 aliphatic carbocycles. The van der Waals surface area contributed by atoms with Crippen LogP contribution in [0.2, 0.25) is 0 Å². The molecule has 6 nitrogen and oxygen atoms in total. The van der Waals surface area contributed by atoms with E-state index in [2.05, 4.69) is 25.3 Å². The third kappa shape index (κ3) is 4.31. The second-order valence-corrected chi connectivity index (χ2v) is 7.14. The number of likely N-dealkylation sites (tertiary alicyclic amines) is 1. The Hall–Kier alpha value is -2.75. The number of nitrogens with one attached hydrogen (secondary N) is 2. The Morgan fingerprint density at radius 1 is 1.14 bits per heavy atom. The summed E-state index contributed by atoms with van der Waals surface area (Å²) in [5.41, 5.74) is -0.111. The molecular formula is C19H20F4N6. The Balaban J connectivity index is 1.34. The first-order chi connectivity index (χ1) is 13.9. The molecule has 3 aromatic rings. The lowest BCUT2D eigenvalue weighted by Crippen LogP contribution is -2.44. The highest BCUT2D eigenvalue weighted by Crippen LogP contribution is 2.30. The van der Waals surface area contributed by atoms with Crippen LogP contribution in [-0.2, 0) is 5.92 Å². The topological polar surface area (TPSA) is 69.7 Å². The molecule has 0 atom stereocenters. The van der Waals surface area contributed by atoms with Gasteiger partial charge in [0, 0.05) is 37.1 Å². The van der Waals surface area contributed by atoms with Gasteiger partial charge in [-0.2, -0.15) is 8.78 Å². The lowest BCUT2D eigenvalue weighted by molar-refractivity contribution is -0.0458. The van der Waals surface area contributed by atoms with Crippen LogP contribution < -0.4 is 5.32 Å². The molecule has 1 fully saturated rings. The van der Waals surface area contributed by atoms with E-state index in [0.29, 0.717) is 25.9 Å². The van der Waals surface area contributed by atoms with Gasteiger partial charge < -0.3 is 10.3 Å². The fourth-order valence-corrected chi connectivity index (χ4v) is 3.53. The fraction of sp³-hybridized carbons (Fsp3) is 0.421. The van der Waals surface area contributed by atoms with E-state index in [1.165, 1.54) is 6.33 Å². The molecule has 1 aliphatic rings. The largest absolute Gasteiger partial charge is 0.367 e. The summed E-state index contributed by atoms with van der Waals surface area (Å²) in [4.78, 5) is 16.7. The molecule has 0 amide bonds. The molecule has 10 heteroatoms. The van der Waals surface area contributed by atoms with Crippen molar-refractivity contribution in [2.45, 2.75) is 31.2 Å². The first-order valence-electron chi connectivity index (χ1n) is 9.32. The highest BCUT2D eigenvalue weighted by atomic mass is 19.3. The van der Waals surface area contributed by atoms with Gasteiger partial charge in [-0.3, -0.25) is 9.88 Å². The minimum absolute atomic E-state index is 0.122. The summed E-state index contributed by atoms with van der Waals surface area (Å²) in [7, 11) is 0. The second-order valence-electron chi connectivity index (χ2n) is 7.14. The van der Waals surface area contributed by atoms with E-state index in [9.17, 15) is 17.6 Å². The quantitative estimate of drug-likeness (QED) is 0.605. The summed E-state index contributed by atoms with van der Waals surface area (Å²) >= 11 is 0. The number of alkyl halides is 4. The van der Waals surface area contributed by atoms with E-state index in [0.717, 1.165) is 35.2 Å². The average Bonchev–Trinajstić information content (AvgIpc) is 3.19. The predicted octanol–water partition coefficient (Wildman–Crippen LogP) is 3.96. The van der Waals surface area contributed by atoms with E-state index >= 15 is 0 Å². The lowest BCUT2D eigenvalue weighted by atomic mass is 10.0. The first kappa shape index (κ1) is 19.6. The van der Waals surface area contributed by atoms with Crippen LogP contribution in [0.4, 0.5) is 23.4 Å². The Morgan fingerprint density at radius 3 is 2.62 bits per heavy atom. The number of piperidine rings is 1. The summed E-state index contributed by atoms with van der Waals surface area (Å²) in [5, 5.41) is 4.26. The number of H-pyrrole nitrogens is 1. The maximum absolute atomic E-state index is 14.5. The molecule has 0 bridgehead atoms. The lowest BCUT2D eigenvalue weighted by Gasteiger charge is -2.34. The average molecular weight is 408 g/mol. The third-order valence-electron chi connectivity index (χ3n) is 5.12. The Kier molecular flexibility index (Phi) is 5.35. The smallest absolute Gasteiger partial charge is 0.302 e. The van der Waals surface area contributed by atoms with Crippen molar-refractivity contribution in [3.8, 4) is 0 Å². The fourth-order valence-electron chi connectivity index (χ4n) is 3.53. The number of rotatable bonds is 6. The molecular weight excluding hydrogens is 388 g/mol. The molecule has 0 radical (unpaired) electrons. The van der Waals surface area contributed by atoms with Gasteiger partial charge in [0.2, 0.25) is 0 Å². The minimum Gasteiger partial charge on any atom is -0.367 e. The van der Waals surface area contributed by atoms with Crippen molar-refractivity contribution in [2.75, 3.05) is 25.0 Å². The number of pyridine rings is 1. The zero-order valence-electron chi connectivity index (χ0n) is 15.5. The van der Waals surface area contributed by atoms with E-state index in [-0.39, 0.29) is 11.6 Å². The number of aromatic amines is 1. The molecule has 0 aromatic carbocycles. The van der Waals surface area contributed by atoms with Crippen LogP contribution in [0.25, 0.3) is 11.0 Å². The zero-order valence-corrected chi connectivity index (χ0v) is 15.5. The van der Waals surface area contributed by atoms with Crippen LogP contribution in [0, 0.1) is 0 Å². The Morgan fingerprint density at radius 2 is 1.93 bits per heavy atom. The number of nitrogens with zero attached hydrogens (tertiary/aromatic N) is 4. The van der Waals surface area contributed by atoms with Gasteiger partial charge >= 0.3 is 5.92 Å². The van der Waals surface area contributed by atoms with Gasteiger partial charge in [-0.05, 0) is 31.0 Å². The van der Waals surface area contributed by atoms with Crippen molar-refractivity contribution in [2.24, 2.45) is 0 Å². The normalized spacial score (nSPS) is 16.6. The summed E-state index contributed by atoms with van der Waals surface area (Å²) in [5.74, 6) is -2.48. The molecule has 154 valence electrons. The van der Waals surface area contributed by atoms with Crippen LogP contribution in [0.5, 0.6) is 0 Å². The van der Waals surface area contributed by atoms with E-state index < -0.39 is 24.6 Å². The monoisotopic (exact) mass is 408 g/mol.